The van der Waals surface area contributed by atoms with E-state index in [2.05, 4.69) is 20.2 Å². The van der Waals surface area contributed by atoms with Crippen LogP contribution in [0.1, 0.15) is 18.2 Å². The van der Waals surface area contributed by atoms with E-state index in [4.69, 9.17) is 20.8 Å². The second kappa shape index (κ2) is 7.89. The fourth-order valence-electron chi connectivity index (χ4n) is 2.90. The van der Waals surface area contributed by atoms with Gasteiger partial charge in [-0.15, -0.1) is 10.2 Å². The standard InChI is InChI=1S/C18H15ClFN5O3/c19-13-7-12(1-2-14(13)20)27-10-16(26)25-6-3-11(9-25)17-23-24-18(28-17)15-8-21-4-5-22-15/h1-2,4-5,7-8,11H,3,6,9-10H2/t11-/m1/s1. The topological polar surface area (TPSA) is 94.2 Å². The van der Waals surface area contributed by atoms with E-state index < -0.39 is 5.82 Å². The van der Waals surface area contributed by atoms with Crippen molar-refractivity contribution >= 4 is 17.5 Å². The van der Waals surface area contributed by atoms with Crippen molar-refractivity contribution in [2.24, 2.45) is 0 Å². The number of hydrogen-bond donors (Lipinski definition) is 0. The summed E-state index contributed by atoms with van der Waals surface area (Å²) in [5.74, 6) is 0.314. The summed E-state index contributed by atoms with van der Waals surface area (Å²) in [7, 11) is 0. The van der Waals surface area contributed by atoms with Crippen molar-refractivity contribution in [1.82, 2.24) is 25.1 Å². The van der Waals surface area contributed by atoms with Crippen LogP contribution in [-0.4, -0.2) is 50.7 Å². The largest absolute Gasteiger partial charge is 0.484 e. The predicted molar refractivity (Wildman–Crippen MR) is 96.2 cm³/mol. The lowest BCUT2D eigenvalue weighted by molar-refractivity contribution is -0.132. The van der Waals surface area contributed by atoms with E-state index in [-0.39, 0.29) is 23.5 Å². The Labute approximate surface area is 164 Å². The van der Waals surface area contributed by atoms with Crippen LogP contribution < -0.4 is 4.74 Å². The van der Waals surface area contributed by atoms with Crippen LogP contribution >= 0.6 is 11.6 Å². The van der Waals surface area contributed by atoms with Crippen LogP contribution in [0.25, 0.3) is 11.6 Å². The van der Waals surface area contributed by atoms with Crippen molar-refractivity contribution in [1.29, 1.82) is 0 Å². The van der Waals surface area contributed by atoms with Crippen molar-refractivity contribution in [2.45, 2.75) is 12.3 Å². The van der Waals surface area contributed by atoms with E-state index in [9.17, 15) is 9.18 Å². The lowest BCUT2D eigenvalue weighted by Gasteiger charge is -2.16. The number of rotatable bonds is 5. The van der Waals surface area contributed by atoms with Gasteiger partial charge in [0.1, 0.15) is 17.3 Å². The number of amides is 1. The molecule has 0 saturated carbocycles. The van der Waals surface area contributed by atoms with Crippen LogP contribution in [0.3, 0.4) is 0 Å². The Kier molecular flexibility index (Phi) is 5.16. The molecule has 0 N–H and O–H groups in total. The molecular formula is C18H15ClFN5O3. The second-order valence-electron chi connectivity index (χ2n) is 6.23. The zero-order chi connectivity index (χ0) is 19.5. The molecule has 1 aliphatic rings. The maximum absolute atomic E-state index is 13.2. The highest BCUT2D eigenvalue weighted by Crippen LogP contribution is 2.28. The zero-order valence-electron chi connectivity index (χ0n) is 14.6. The zero-order valence-corrected chi connectivity index (χ0v) is 15.3. The van der Waals surface area contributed by atoms with Crippen LogP contribution in [0.2, 0.25) is 5.02 Å². The van der Waals surface area contributed by atoms with Crippen molar-refractivity contribution in [3.63, 3.8) is 0 Å². The van der Waals surface area contributed by atoms with Gasteiger partial charge in [-0.3, -0.25) is 9.78 Å². The van der Waals surface area contributed by atoms with E-state index in [0.717, 1.165) is 0 Å². The van der Waals surface area contributed by atoms with Gasteiger partial charge in [-0.25, -0.2) is 9.37 Å². The predicted octanol–water partition coefficient (Wildman–Crippen LogP) is 2.71. The molecule has 1 aromatic carbocycles. The first-order valence-corrected chi connectivity index (χ1v) is 8.93. The number of benzene rings is 1. The molecule has 8 nitrogen and oxygen atoms in total. The molecule has 28 heavy (non-hydrogen) atoms. The molecule has 0 unspecified atom stereocenters. The van der Waals surface area contributed by atoms with Gasteiger partial charge in [-0.1, -0.05) is 11.6 Å². The van der Waals surface area contributed by atoms with Crippen LogP contribution in [0, 0.1) is 5.82 Å². The first-order valence-electron chi connectivity index (χ1n) is 8.55. The van der Waals surface area contributed by atoms with Gasteiger partial charge < -0.3 is 14.1 Å². The highest BCUT2D eigenvalue weighted by Gasteiger charge is 2.31. The monoisotopic (exact) mass is 403 g/mol. The Balaban J connectivity index is 1.34. The summed E-state index contributed by atoms with van der Waals surface area (Å²) < 4.78 is 24.3. The minimum Gasteiger partial charge on any atom is -0.484 e. The van der Waals surface area contributed by atoms with Gasteiger partial charge >= 0.3 is 0 Å². The molecule has 1 saturated heterocycles. The summed E-state index contributed by atoms with van der Waals surface area (Å²) in [6.07, 6.45) is 5.35. The molecule has 1 amide bonds. The molecule has 2 aromatic heterocycles. The van der Waals surface area contributed by atoms with E-state index in [0.29, 0.717) is 42.7 Å². The minimum atomic E-state index is -0.539. The number of ether oxygens (including phenoxy) is 1. The lowest BCUT2D eigenvalue weighted by Crippen LogP contribution is -2.32. The molecule has 4 rings (SSSR count). The van der Waals surface area contributed by atoms with Crippen molar-refractivity contribution in [2.75, 3.05) is 19.7 Å². The highest BCUT2D eigenvalue weighted by molar-refractivity contribution is 6.30. The normalized spacial score (nSPS) is 16.4. The van der Waals surface area contributed by atoms with Crippen LogP contribution in [0.15, 0.2) is 41.2 Å². The molecule has 10 heteroatoms. The first-order chi connectivity index (χ1) is 13.6. The van der Waals surface area contributed by atoms with E-state index >= 15 is 0 Å². The SMILES string of the molecule is O=C(COc1ccc(F)c(Cl)c1)N1CC[C@@H](c2nnc(-c3cnccn3)o2)C1. The summed E-state index contributed by atoms with van der Waals surface area (Å²) in [6.45, 7) is 0.845. The number of halogens is 2. The van der Waals surface area contributed by atoms with Crippen LogP contribution in [-0.2, 0) is 4.79 Å². The molecular weight excluding hydrogens is 389 g/mol. The van der Waals surface area contributed by atoms with Gasteiger partial charge in [-0.2, -0.15) is 0 Å². The summed E-state index contributed by atoms with van der Waals surface area (Å²) in [5, 5.41) is 8.02. The van der Waals surface area contributed by atoms with Gasteiger partial charge in [0.05, 0.1) is 17.1 Å². The van der Waals surface area contributed by atoms with E-state index in [1.165, 1.54) is 18.2 Å². The summed E-state index contributed by atoms with van der Waals surface area (Å²) in [4.78, 5) is 22.1. The minimum absolute atomic E-state index is 0.0536. The molecule has 0 spiro atoms. The van der Waals surface area contributed by atoms with Crippen molar-refractivity contribution in [3.8, 4) is 17.3 Å². The Morgan fingerprint density at radius 1 is 1.36 bits per heavy atom. The van der Waals surface area contributed by atoms with Crippen molar-refractivity contribution < 1.29 is 18.3 Å². The Bertz CT molecular complexity index is 984. The fraction of sp³-hybridized carbons (Fsp3) is 0.278. The van der Waals surface area contributed by atoms with Gasteiger partial charge in [0.25, 0.3) is 11.8 Å². The average Bonchev–Trinajstić information content (AvgIpc) is 3.39. The first kappa shape index (κ1) is 18.3. The number of hydrogen-bond acceptors (Lipinski definition) is 7. The molecule has 0 aliphatic carbocycles. The number of likely N-dealkylation sites (tertiary alicyclic amines) is 1. The molecule has 1 aliphatic heterocycles. The molecule has 0 bridgehead atoms. The van der Waals surface area contributed by atoms with E-state index in [1.54, 1.807) is 23.5 Å². The smallest absolute Gasteiger partial charge is 0.267 e. The summed E-state index contributed by atoms with van der Waals surface area (Å²) in [5.41, 5.74) is 0.499. The van der Waals surface area contributed by atoms with Crippen LogP contribution in [0.5, 0.6) is 5.75 Å². The summed E-state index contributed by atoms with van der Waals surface area (Å²) in [6, 6.07) is 3.95. The number of carbonyl (C=O) groups is 1. The third kappa shape index (κ3) is 3.94. The molecule has 1 atom stereocenters. The highest BCUT2D eigenvalue weighted by atomic mass is 35.5. The molecule has 144 valence electrons. The van der Waals surface area contributed by atoms with Crippen molar-refractivity contribution in [3.05, 3.63) is 53.5 Å². The maximum atomic E-state index is 13.2. The third-order valence-electron chi connectivity index (χ3n) is 4.37. The molecule has 1 fully saturated rings. The van der Waals surface area contributed by atoms with Crippen LogP contribution in [0.4, 0.5) is 4.39 Å². The molecule has 0 radical (unpaired) electrons. The third-order valence-corrected chi connectivity index (χ3v) is 4.66. The Morgan fingerprint density at radius 2 is 2.25 bits per heavy atom. The quantitative estimate of drug-likeness (QED) is 0.646. The lowest BCUT2D eigenvalue weighted by atomic mass is 10.1. The Morgan fingerprint density at radius 3 is 3.04 bits per heavy atom. The summed E-state index contributed by atoms with van der Waals surface area (Å²) >= 11 is 5.71. The molecule has 3 heterocycles. The van der Waals surface area contributed by atoms with Gasteiger partial charge in [-0.05, 0) is 18.6 Å². The van der Waals surface area contributed by atoms with Gasteiger partial charge in [0.2, 0.25) is 5.89 Å². The van der Waals surface area contributed by atoms with Gasteiger partial charge in [0, 0.05) is 31.5 Å². The second-order valence-corrected chi connectivity index (χ2v) is 6.63. The average molecular weight is 404 g/mol. The van der Waals surface area contributed by atoms with Gasteiger partial charge in [0.15, 0.2) is 6.61 Å². The van der Waals surface area contributed by atoms with E-state index in [1.807, 2.05) is 0 Å². The maximum Gasteiger partial charge on any atom is 0.267 e. The molecule has 3 aromatic rings. The number of nitrogens with zero attached hydrogens (tertiary/aromatic N) is 5. The number of carbonyl (C=O) groups excluding carboxylic acids is 1. The fourth-order valence-corrected chi connectivity index (χ4v) is 3.07. The number of aromatic nitrogens is 4. The Hall–Kier alpha value is -3.07.